The molecule has 1 aromatic rings. The van der Waals surface area contributed by atoms with Gasteiger partial charge in [-0.25, -0.2) is 4.85 Å². The lowest BCUT2D eigenvalue weighted by atomic mass is 9.58. The SMILES string of the molecule is [C-]#[N+]c1ccc2c(c1[N+](=O)[O-])[C@@]1(C)CCN(CC3CC3)C(C2)[C@@H]1C. The van der Waals surface area contributed by atoms with Crippen LogP contribution in [0.1, 0.15) is 44.2 Å². The second-order valence-corrected chi connectivity index (χ2v) is 8.00. The molecule has 126 valence electrons. The van der Waals surface area contributed by atoms with E-state index in [0.717, 1.165) is 36.4 Å². The number of nitrogens with zero attached hydrogens (tertiary/aromatic N) is 3. The fraction of sp³-hybridized carbons (Fsp3) is 0.632. The number of rotatable bonds is 3. The summed E-state index contributed by atoms with van der Waals surface area (Å²) in [5.41, 5.74) is 1.97. The summed E-state index contributed by atoms with van der Waals surface area (Å²) in [6, 6.07) is 4.08. The van der Waals surface area contributed by atoms with Crippen molar-refractivity contribution in [3.05, 3.63) is 44.8 Å². The zero-order valence-corrected chi connectivity index (χ0v) is 14.3. The Balaban J connectivity index is 1.83. The molecule has 0 radical (unpaired) electrons. The molecule has 0 spiro atoms. The quantitative estimate of drug-likeness (QED) is 0.478. The van der Waals surface area contributed by atoms with Gasteiger partial charge in [0.25, 0.3) is 11.4 Å². The molecule has 5 nitrogen and oxygen atoms in total. The van der Waals surface area contributed by atoms with Crippen LogP contribution in [0, 0.1) is 28.5 Å². The molecule has 3 atom stereocenters. The molecule has 2 aliphatic carbocycles. The van der Waals surface area contributed by atoms with Crippen LogP contribution in [0.25, 0.3) is 4.85 Å². The first-order valence-electron chi connectivity index (χ1n) is 8.88. The van der Waals surface area contributed by atoms with Crippen LogP contribution in [0.3, 0.4) is 0 Å². The molecular weight excluding hydrogens is 302 g/mol. The van der Waals surface area contributed by atoms with E-state index >= 15 is 0 Å². The summed E-state index contributed by atoms with van der Waals surface area (Å²) < 4.78 is 0. The number of piperidine rings is 1. The molecule has 1 saturated carbocycles. The maximum atomic E-state index is 11.7. The Labute approximate surface area is 142 Å². The maximum absolute atomic E-state index is 11.7. The van der Waals surface area contributed by atoms with Crippen molar-refractivity contribution in [3.63, 3.8) is 0 Å². The van der Waals surface area contributed by atoms with Gasteiger partial charge >= 0.3 is 0 Å². The number of fused-ring (bicyclic) bond motifs is 4. The molecule has 1 saturated heterocycles. The monoisotopic (exact) mass is 325 g/mol. The molecule has 2 bridgehead atoms. The minimum absolute atomic E-state index is 0.0611. The van der Waals surface area contributed by atoms with E-state index in [1.165, 1.54) is 19.4 Å². The smallest absolute Gasteiger partial charge is 0.282 e. The molecule has 1 aromatic carbocycles. The molecule has 1 heterocycles. The van der Waals surface area contributed by atoms with Crippen molar-refractivity contribution in [3.8, 4) is 0 Å². The van der Waals surface area contributed by atoms with Crippen LogP contribution < -0.4 is 0 Å². The van der Waals surface area contributed by atoms with Crippen molar-refractivity contribution < 1.29 is 4.92 Å². The van der Waals surface area contributed by atoms with E-state index in [1.54, 1.807) is 6.07 Å². The van der Waals surface area contributed by atoms with Crippen molar-refractivity contribution in [1.82, 2.24) is 4.90 Å². The van der Waals surface area contributed by atoms with Crippen LogP contribution in [0.15, 0.2) is 12.1 Å². The zero-order chi connectivity index (χ0) is 17.1. The molecule has 1 unspecified atom stereocenters. The summed E-state index contributed by atoms with van der Waals surface area (Å²) >= 11 is 0. The summed E-state index contributed by atoms with van der Waals surface area (Å²) in [6.07, 6.45) is 4.52. The lowest BCUT2D eigenvalue weighted by molar-refractivity contribution is -0.385. The summed E-state index contributed by atoms with van der Waals surface area (Å²) in [4.78, 5) is 17.4. The van der Waals surface area contributed by atoms with Gasteiger partial charge in [0.2, 0.25) is 0 Å². The molecule has 24 heavy (non-hydrogen) atoms. The highest BCUT2D eigenvalue weighted by atomic mass is 16.6. The van der Waals surface area contributed by atoms with Crippen molar-refractivity contribution in [2.24, 2.45) is 11.8 Å². The lowest BCUT2D eigenvalue weighted by Crippen LogP contribution is -2.58. The number of hydrogen-bond acceptors (Lipinski definition) is 3. The van der Waals surface area contributed by atoms with Gasteiger partial charge in [0, 0.05) is 23.6 Å². The van der Waals surface area contributed by atoms with Gasteiger partial charge in [-0.1, -0.05) is 19.9 Å². The number of benzene rings is 1. The highest BCUT2D eigenvalue weighted by Crippen LogP contribution is 2.54. The van der Waals surface area contributed by atoms with E-state index in [1.807, 2.05) is 6.07 Å². The Bertz CT molecular complexity index is 750. The van der Waals surface area contributed by atoms with Crippen molar-refractivity contribution in [2.45, 2.75) is 51.0 Å². The third kappa shape index (κ3) is 2.16. The summed E-state index contributed by atoms with van der Waals surface area (Å²) in [5, 5.41) is 11.7. The molecule has 0 N–H and O–H groups in total. The highest BCUT2D eigenvalue weighted by Gasteiger charge is 2.52. The summed E-state index contributed by atoms with van der Waals surface area (Å²) in [7, 11) is 0. The van der Waals surface area contributed by atoms with Gasteiger partial charge in [-0.2, -0.15) is 0 Å². The van der Waals surface area contributed by atoms with Gasteiger partial charge in [0.05, 0.1) is 11.5 Å². The van der Waals surface area contributed by atoms with E-state index in [2.05, 4.69) is 23.6 Å². The molecule has 2 fully saturated rings. The van der Waals surface area contributed by atoms with Crippen LogP contribution in [0.2, 0.25) is 0 Å². The topological polar surface area (TPSA) is 50.7 Å². The van der Waals surface area contributed by atoms with Gasteiger partial charge in [-0.3, -0.25) is 15.0 Å². The number of nitro groups is 1. The Morgan fingerprint density at radius 3 is 2.83 bits per heavy atom. The number of likely N-dealkylation sites (tertiary alicyclic amines) is 1. The Kier molecular flexibility index (Phi) is 3.43. The molecule has 4 rings (SSSR count). The highest BCUT2D eigenvalue weighted by molar-refractivity contribution is 5.70. The average Bonchev–Trinajstić information content (AvgIpc) is 3.36. The number of nitro benzene ring substituents is 1. The Morgan fingerprint density at radius 2 is 2.21 bits per heavy atom. The first-order chi connectivity index (χ1) is 11.5. The van der Waals surface area contributed by atoms with Crippen LogP contribution in [-0.2, 0) is 11.8 Å². The average molecular weight is 325 g/mol. The molecule has 0 amide bonds. The number of hydrogen-bond donors (Lipinski definition) is 0. The second kappa shape index (κ2) is 5.29. The molecule has 0 aromatic heterocycles. The molecule has 1 aliphatic heterocycles. The van der Waals surface area contributed by atoms with Crippen LogP contribution in [-0.4, -0.2) is 29.0 Å². The first-order valence-corrected chi connectivity index (χ1v) is 8.88. The molecule has 3 aliphatic rings. The Morgan fingerprint density at radius 1 is 1.46 bits per heavy atom. The van der Waals surface area contributed by atoms with E-state index in [4.69, 9.17) is 6.57 Å². The van der Waals surface area contributed by atoms with Crippen LogP contribution in [0.4, 0.5) is 11.4 Å². The van der Waals surface area contributed by atoms with Gasteiger partial charge in [-0.05, 0) is 55.7 Å². The third-order valence-electron chi connectivity index (χ3n) is 6.71. The summed E-state index contributed by atoms with van der Waals surface area (Å²) in [6.45, 7) is 13.9. The Hall–Kier alpha value is -1.93. The maximum Gasteiger partial charge on any atom is 0.282 e. The zero-order valence-electron chi connectivity index (χ0n) is 14.3. The predicted octanol–water partition coefficient (Wildman–Crippen LogP) is 4.08. The van der Waals surface area contributed by atoms with E-state index in [-0.39, 0.29) is 21.7 Å². The predicted molar refractivity (Wildman–Crippen MR) is 92.3 cm³/mol. The second-order valence-electron chi connectivity index (χ2n) is 8.00. The van der Waals surface area contributed by atoms with Crippen LogP contribution in [0.5, 0.6) is 0 Å². The van der Waals surface area contributed by atoms with Crippen molar-refractivity contribution >= 4 is 11.4 Å². The van der Waals surface area contributed by atoms with Gasteiger partial charge in [0.1, 0.15) is 0 Å². The van der Waals surface area contributed by atoms with Gasteiger partial charge < -0.3 is 0 Å². The third-order valence-corrected chi connectivity index (χ3v) is 6.71. The molecule has 5 heteroatoms. The van der Waals surface area contributed by atoms with E-state index in [0.29, 0.717) is 12.0 Å². The minimum atomic E-state index is -0.332. The normalized spacial score (nSPS) is 32.0. The van der Waals surface area contributed by atoms with Gasteiger partial charge in [0.15, 0.2) is 0 Å². The first kappa shape index (κ1) is 15.6. The van der Waals surface area contributed by atoms with Gasteiger partial charge in [-0.15, -0.1) is 0 Å². The van der Waals surface area contributed by atoms with Crippen LogP contribution >= 0.6 is 0 Å². The largest absolute Gasteiger partial charge is 0.299 e. The van der Waals surface area contributed by atoms with Crippen molar-refractivity contribution in [2.75, 3.05) is 13.1 Å². The fourth-order valence-electron chi connectivity index (χ4n) is 4.96. The van der Waals surface area contributed by atoms with E-state index in [9.17, 15) is 10.1 Å². The van der Waals surface area contributed by atoms with E-state index < -0.39 is 0 Å². The molecular formula is C19H23N3O2. The minimum Gasteiger partial charge on any atom is -0.299 e. The lowest BCUT2D eigenvalue weighted by Gasteiger charge is -2.54. The fourth-order valence-corrected chi connectivity index (χ4v) is 4.96. The summed E-state index contributed by atoms with van der Waals surface area (Å²) in [5.74, 6) is 1.24. The van der Waals surface area contributed by atoms with Crippen molar-refractivity contribution in [1.29, 1.82) is 0 Å². The standard InChI is InChI=1S/C19H23N3O2/c1-12-16-10-14-6-7-15(20-3)18(22(23)24)17(14)19(12,2)8-9-21(16)11-13-4-5-13/h6-7,12-13,16H,4-5,8-11H2,1-2H3/t12-,16?,19-/m0/s1.